The zero-order chi connectivity index (χ0) is 18.5. The molecule has 0 spiro atoms. The molecule has 1 heterocycles. The van der Waals surface area contributed by atoms with Crippen LogP contribution in [0.25, 0.3) is 16.9 Å². The highest BCUT2D eigenvalue weighted by atomic mass is 35.5. The number of carboxylic acids is 1. The second-order valence-electron chi connectivity index (χ2n) is 5.87. The maximum atomic E-state index is 11.0. The summed E-state index contributed by atoms with van der Waals surface area (Å²) >= 11 is 6.01. The predicted octanol–water partition coefficient (Wildman–Crippen LogP) is 5.21. The van der Waals surface area contributed by atoms with Crippen LogP contribution in [0, 0.1) is 0 Å². The Morgan fingerprint density at radius 2 is 1.73 bits per heavy atom. The van der Waals surface area contributed by atoms with Gasteiger partial charge in [0.25, 0.3) is 0 Å². The molecule has 0 aliphatic carbocycles. The van der Waals surface area contributed by atoms with Gasteiger partial charge in [-0.1, -0.05) is 23.7 Å². The van der Waals surface area contributed by atoms with Crippen LogP contribution in [0.15, 0.2) is 60.7 Å². The normalized spacial score (nSPS) is 10.7. The first kappa shape index (κ1) is 18.1. The lowest BCUT2D eigenvalue weighted by Crippen LogP contribution is -2.05. The molecule has 5 heteroatoms. The third kappa shape index (κ3) is 4.09. The molecule has 0 atom stereocenters. The molecule has 134 valence electrons. The minimum Gasteiger partial charge on any atom is -0.494 e. The first-order valence-corrected chi connectivity index (χ1v) is 8.88. The molecule has 4 nitrogen and oxygen atoms in total. The van der Waals surface area contributed by atoms with Gasteiger partial charge in [-0.15, -0.1) is 0 Å². The van der Waals surface area contributed by atoms with E-state index in [9.17, 15) is 4.79 Å². The first-order valence-electron chi connectivity index (χ1n) is 8.50. The number of carbonyl (C=O) groups is 1. The van der Waals surface area contributed by atoms with Crippen molar-refractivity contribution >= 4 is 17.6 Å². The van der Waals surface area contributed by atoms with Crippen LogP contribution in [0.3, 0.4) is 0 Å². The topological polar surface area (TPSA) is 51.5 Å². The highest BCUT2D eigenvalue weighted by molar-refractivity contribution is 6.30. The summed E-state index contributed by atoms with van der Waals surface area (Å²) in [6, 6.07) is 19.4. The monoisotopic (exact) mass is 369 g/mol. The number of rotatable bonds is 7. The highest BCUT2D eigenvalue weighted by Crippen LogP contribution is 2.29. The Labute approximate surface area is 157 Å². The van der Waals surface area contributed by atoms with Crippen molar-refractivity contribution < 1.29 is 14.6 Å². The van der Waals surface area contributed by atoms with Crippen LogP contribution in [0.1, 0.15) is 19.0 Å². The third-order valence-corrected chi connectivity index (χ3v) is 4.35. The Morgan fingerprint density at radius 1 is 1.04 bits per heavy atom. The third-order valence-electron chi connectivity index (χ3n) is 4.10. The summed E-state index contributed by atoms with van der Waals surface area (Å²) in [6.45, 7) is 2.56. The van der Waals surface area contributed by atoms with Gasteiger partial charge in [-0.05, 0) is 67.4 Å². The van der Waals surface area contributed by atoms with E-state index in [0.29, 0.717) is 18.1 Å². The molecule has 0 amide bonds. The Hall–Kier alpha value is -2.72. The van der Waals surface area contributed by atoms with E-state index in [4.69, 9.17) is 21.4 Å². The van der Waals surface area contributed by atoms with Crippen LogP contribution in [0.5, 0.6) is 5.75 Å². The Morgan fingerprint density at radius 3 is 2.35 bits per heavy atom. The molecular formula is C21H20ClNO3. The number of benzene rings is 2. The van der Waals surface area contributed by atoms with Gasteiger partial charge in [-0.25, -0.2) is 0 Å². The molecule has 0 aliphatic rings. The SMILES string of the molecule is CCOc1ccc(-n2c(CCC(=O)O)ccc2-c2ccc(Cl)cc2)cc1. The minimum atomic E-state index is -0.808. The van der Waals surface area contributed by atoms with Crippen LogP contribution in [-0.4, -0.2) is 22.2 Å². The quantitative estimate of drug-likeness (QED) is 0.621. The summed E-state index contributed by atoms with van der Waals surface area (Å²) in [5.74, 6) is 0.000946. The molecule has 0 radical (unpaired) electrons. The van der Waals surface area contributed by atoms with Crippen molar-refractivity contribution in [3.63, 3.8) is 0 Å². The summed E-state index contributed by atoms with van der Waals surface area (Å²) in [7, 11) is 0. The van der Waals surface area contributed by atoms with Gasteiger partial charge < -0.3 is 14.4 Å². The Balaban J connectivity index is 2.04. The number of aliphatic carboxylic acids is 1. The molecule has 3 rings (SSSR count). The van der Waals surface area contributed by atoms with E-state index in [1.54, 1.807) is 0 Å². The van der Waals surface area contributed by atoms with E-state index < -0.39 is 5.97 Å². The van der Waals surface area contributed by atoms with Crippen LogP contribution in [0.4, 0.5) is 0 Å². The van der Waals surface area contributed by atoms with Gasteiger partial charge in [0, 0.05) is 16.4 Å². The van der Waals surface area contributed by atoms with Gasteiger partial charge in [-0.3, -0.25) is 4.79 Å². The van der Waals surface area contributed by atoms with Gasteiger partial charge in [0.15, 0.2) is 0 Å². The summed E-state index contributed by atoms with van der Waals surface area (Å²) in [5, 5.41) is 9.73. The number of hydrogen-bond donors (Lipinski definition) is 1. The van der Waals surface area contributed by atoms with E-state index in [0.717, 1.165) is 28.4 Å². The van der Waals surface area contributed by atoms with Gasteiger partial charge in [0.1, 0.15) is 5.75 Å². The molecule has 1 N–H and O–H groups in total. The van der Waals surface area contributed by atoms with Crippen LogP contribution in [-0.2, 0) is 11.2 Å². The average Bonchev–Trinajstić information content (AvgIpc) is 3.05. The van der Waals surface area contributed by atoms with Crippen molar-refractivity contribution in [2.45, 2.75) is 19.8 Å². The van der Waals surface area contributed by atoms with E-state index in [1.807, 2.05) is 67.6 Å². The maximum Gasteiger partial charge on any atom is 0.303 e. The summed E-state index contributed by atoms with van der Waals surface area (Å²) in [5.41, 5.74) is 3.92. The minimum absolute atomic E-state index is 0.0844. The highest BCUT2D eigenvalue weighted by Gasteiger charge is 2.13. The average molecular weight is 370 g/mol. The lowest BCUT2D eigenvalue weighted by atomic mass is 10.1. The van der Waals surface area contributed by atoms with Gasteiger partial charge in [0.05, 0.1) is 18.7 Å². The zero-order valence-electron chi connectivity index (χ0n) is 14.5. The fraction of sp³-hybridized carbons (Fsp3) is 0.190. The van der Waals surface area contributed by atoms with Crippen molar-refractivity contribution in [3.05, 3.63) is 71.4 Å². The van der Waals surface area contributed by atoms with Crippen LogP contribution in [0.2, 0.25) is 5.02 Å². The van der Waals surface area contributed by atoms with Crippen molar-refractivity contribution in [3.8, 4) is 22.7 Å². The van der Waals surface area contributed by atoms with Gasteiger partial charge >= 0.3 is 5.97 Å². The molecule has 1 aromatic heterocycles. The number of hydrogen-bond acceptors (Lipinski definition) is 2. The maximum absolute atomic E-state index is 11.0. The van der Waals surface area contributed by atoms with Crippen molar-refractivity contribution in [1.29, 1.82) is 0 Å². The molecule has 0 saturated carbocycles. The Bertz CT molecular complexity index is 883. The Kier molecular flexibility index (Phi) is 5.64. The number of ether oxygens (including phenoxy) is 1. The number of halogens is 1. The molecule has 3 aromatic rings. The molecule has 26 heavy (non-hydrogen) atoms. The lowest BCUT2D eigenvalue weighted by molar-refractivity contribution is -0.136. The van der Waals surface area contributed by atoms with Gasteiger partial charge in [0.2, 0.25) is 0 Å². The number of carboxylic acid groups (broad SMARTS) is 1. The molecule has 0 unspecified atom stereocenters. The number of nitrogens with zero attached hydrogens (tertiary/aromatic N) is 1. The van der Waals surface area contributed by atoms with Crippen molar-refractivity contribution in [2.75, 3.05) is 6.61 Å². The fourth-order valence-corrected chi connectivity index (χ4v) is 3.04. The standard InChI is InChI=1S/C21H20ClNO3/c1-2-26-19-11-7-17(8-12-19)23-18(10-14-21(24)25)9-13-20(23)15-3-5-16(22)6-4-15/h3-9,11-13H,2,10,14H2,1H3,(H,24,25). The second-order valence-corrected chi connectivity index (χ2v) is 6.31. The zero-order valence-corrected chi connectivity index (χ0v) is 15.2. The summed E-state index contributed by atoms with van der Waals surface area (Å²) < 4.78 is 7.60. The van der Waals surface area contributed by atoms with Gasteiger partial charge in [-0.2, -0.15) is 0 Å². The molecule has 2 aromatic carbocycles. The van der Waals surface area contributed by atoms with Crippen LogP contribution < -0.4 is 4.74 Å². The lowest BCUT2D eigenvalue weighted by Gasteiger charge is -2.15. The predicted molar refractivity (Wildman–Crippen MR) is 103 cm³/mol. The van der Waals surface area contributed by atoms with Crippen molar-refractivity contribution in [1.82, 2.24) is 4.57 Å². The molecule has 0 saturated heterocycles. The van der Waals surface area contributed by atoms with E-state index in [2.05, 4.69) is 4.57 Å². The fourth-order valence-electron chi connectivity index (χ4n) is 2.92. The van der Waals surface area contributed by atoms with Crippen LogP contribution >= 0.6 is 11.6 Å². The van der Waals surface area contributed by atoms with E-state index in [1.165, 1.54) is 0 Å². The second kappa shape index (κ2) is 8.11. The number of aryl methyl sites for hydroxylation is 1. The van der Waals surface area contributed by atoms with E-state index in [-0.39, 0.29) is 6.42 Å². The molecule has 0 fully saturated rings. The number of aromatic nitrogens is 1. The summed E-state index contributed by atoms with van der Waals surface area (Å²) in [6.07, 6.45) is 0.539. The first-order chi connectivity index (χ1) is 12.6. The molecular weight excluding hydrogens is 350 g/mol. The largest absolute Gasteiger partial charge is 0.494 e. The molecule has 0 aliphatic heterocycles. The van der Waals surface area contributed by atoms with E-state index >= 15 is 0 Å². The molecule has 0 bridgehead atoms. The smallest absolute Gasteiger partial charge is 0.303 e. The summed E-state index contributed by atoms with van der Waals surface area (Å²) in [4.78, 5) is 11.0. The van der Waals surface area contributed by atoms with Crippen molar-refractivity contribution in [2.24, 2.45) is 0 Å².